The van der Waals surface area contributed by atoms with Gasteiger partial charge in [0.2, 0.25) is 5.91 Å². The lowest BCUT2D eigenvalue weighted by molar-refractivity contribution is 0.1000. The monoisotopic (exact) mass is 270 g/mol. The SMILES string of the molecule is COCC(C)(C)NCc1ccc(C(N)=O)cc1Cl. The van der Waals surface area contributed by atoms with Crippen molar-refractivity contribution < 1.29 is 9.53 Å². The van der Waals surface area contributed by atoms with Crippen molar-refractivity contribution in [2.24, 2.45) is 5.73 Å². The second-order valence-electron chi connectivity index (χ2n) is 4.84. The third-order valence-corrected chi connectivity index (χ3v) is 2.95. The highest BCUT2D eigenvalue weighted by Crippen LogP contribution is 2.18. The molecule has 0 aliphatic heterocycles. The van der Waals surface area contributed by atoms with Crippen LogP contribution in [-0.4, -0.2) is 25.2 Å². The molecule has 1 aromatic carbocycles. The van der Waals surface area contributed by atoms with Crippen molar-refractivity contribution >= 4 is 17.5 Å². The summed E-state index contributed by atoms with van der Waals surface area (Å²) >= 11 is 6.10. The number of primary amides is 1. The summed E-state index contributed by atoms with van der Waals surface area (Å²) in [5.41, 5.74) is 6.39. The fourth-order valence-corrected chi connectivity index (χ4v) is 1.84. The summed E-state index contributed by atoms with van der Waals surface area (Å²) in [6.45, 7) is 5.29. The zero-order valence-corrected chi connectivity index (χ0v) is 11.7. The van der Waals surface area contributed by atoms with Gasteiger partial charge in [-0.15, -0.1) is 0 Å². The molecule has 1 amide bonds. The predicted molar refractivity (Wildman–Crippen MR) is 72.8 cm³/mol. The minimum absolute atomic E-state index is 0.138. The molecule has 0 atom stereocenters. The summed E-state index contributed by atoms with van der Waals surface area (Å²) in [5.74, 6) is -0.476. The van der Waals surface area contributed by atoms with Crippen LogP contribution in [0.5, 0.6) is 0 Å². The maximum absolute atomic E-state index is 11.0. The number of nitrogens with two attached hydrogens (primary N) is 1. The Labute approximate surface area is 112 Å². The molecule has 4 nitrogen and oxygen atoms in total. The Balaban J connectivity index is 2.71. The van der Waals surface area contributed by atoms with E-state index in [9.17, 15) is 4.79 Å². The van der Waals surface area contributed by atoms with Crippen LogP contribution in [0.25, 0.3) is 0 Å². The minimum Gasteiger partial charge on any atom is -0.383 e. The molecule has 0 aromatic heterocycles. The van der Waals surface area contributed by atoms with Crippen LogP contribution in [0.3, 0.4) is 0 Å². The van der Waals surface area contributed by atoms with Crippen molar-refractivity contribution in [3.63, 3.8) is 0 Å². The summed E-state index contributed by atoms with van der Waals surface area (Å²) in [6, 6.07) is 5.07. The van der Waals surface area contributed by atoms with E-state index in [1.54, 1.807) is 25.3 Å². The molecule has 0 saturated heterocycles. The molecule has 0 saturated carbocycles. The van der Waals surface area contributed by atoms with Crippen molar-refractivity contribution in [1.82, 2.24) is 5.32 Å². The van der Waals surface area contributed by atoms with Gasteiger partial charge in [0.15, 0.2) is 0 Å². The van der Waals surface area contributed by atoms with Gasteiger partial charge < -0.3 is 15.8 Å². The topological polar surface area (TPSA) is 64.3 Å². The Kier molecular flexibility index (Phi) is 5.14. The molecule has 3 N–H and O–H groups in total. The molecule has 18 heavy (non-hydrogen) atoms. The van der Waals surface area contributed by atoms with Gasteiger partial charge in [0.25, 0.3) is 0 Å². The Morgan fingerprint density at radius 3 is 2.67 bits per heavy atom. The number of amides is 1. The Bertz CT molecular complexity index is 433. The highest BCUT2D eigenvalue weighted by Gasteiger charge is 2.17. The molecule has 0 aliphatic rings. The van der Waals surface area contributed by atoms with Gasteiger partial charge in [-0.1, -0.05) is 17.7 Å². The van der Waals surface area contributed by atoms with Crippen LogP contribution in [0.2, 0.25) is 5.02 Å². The first-order valence-corrected chi connectivity index (χ1v) is 6.06. The van der Waals surface area contributed by atoms with Gasteiger partial charge in [-0.25, -0.2) is 0 Å². The van der Waals surface area contributed by atoms with E-state index in [2.05, 4.69) is 5.32 Å². The molecule has 0 bridgehead atoms. The average molecular weight is 271 g/mol. The Morgan fingerprint density at radius 2 is 2.17 bits per heavy atom. The molecule has 1 aromatic rings. The van der Waals surface area contributed by atoms with Crippen LogP contribution < -0.4 is 11.1 Å². The van der Waals surface area contributed by atoms with Gasteiger partial charge in [-0.05, 0) is 31.5 Å². The van der Waals surface area contributed by atoms with Crippen molar-refractivity contribution in [3.05, 3.63) is 34.3 Å². The van der Waals surface area contributed by atoms with Crippen molar-refractivity contribution in [2.45, 2.75) is 25.9 Å². The standard InChI is InChI=1S/C13H19ClN2O2/c1-13(2,8-18-3)16-7-10-5-4-9(12(15)17)6-11(10)14/h4-6,16H,7-8H2,1-3H3,(H2,15,17). The summed E-state index contributed by atoms with van der Waals surface area (Å²) < 4.78 is 5.12. The number of benzene rings is 1. The number of ether oxygens (including phenoxy) is 1. The van der Waals surface area contributed by atoms with Crippen molar-refractivity contribution in [2.75, 3.05) is 13.7 Å². The second kappa shape index (κ2) is 6.18. The smallest absolute Gasteiger partial charge is 0.248 e. The number of carbonyl (C=O) groups is 1. The Morgan fingerprint density at radius 1 is 1.50 bits per heavy atom. The predicted octanol–water partition coefficient (Wildman–Crippen LogP) is 1.95. The van der Waals surface area contributed by atoms with E-state index in [0.29, 0.717) is 23.7 Å². The lowest BCUT2D eigenvalue weighted by Gasteiger charge is -2.25. The number of nitrogens with one attached hydrogen (secondary N) is 1. The van der Waals surface area contributed by atoms with Gasteiger partial charge in [-0.2, -0.15) is 0 Å². The summed E-state index contributed by atoms with van der Waals surface area (Å²) in [7, 11) is 1.66. The maximum Gasteiger partial charge on any atom is 0.248 e. The van der Waals surface area contributed by atoms with Gasteiger partial charge in [-0.3, -0.25) is 4.79 Å². The minimum atomic E-state index is -0.476. The number of hydrogen-bond donors (Lipinski definition) is 2. The van der Waals surface area contributed by atoms with E-state index in [1.807, 2.05) is 13.8 Å². The van der Waals surface area contributed by atoms with Gasteiger partial charge in [0, 0.05) is 29.8 Å². The Hall–Kier alpha value is -1.10. The van der Waals surface area contributed by atoms with Crippen LogP contribution in [0.15, 0.2) is 18.2 Å². The lowest BCUT2D eigenvalue weighted by atomic mass is 10.1. The zero-order chi connectivity index (χ0) is 13.8. The number of methoxy groups -OCH3 is 1. The van der Waals surface area contributed by atoms with Gasteiger partial charge in [0.05, 0.1) is 6.61 Å². The highest BCUT2D eigenvalue weighted by molar-refractivity contribution is 6.31. The lowest BCUT2D eigenvalue weighted by Crippen LogP contribution is -2.42. The third-order valence-electron chi connectivity index (χ3n) is 2.60. The number of hydrogen-bond acceptors (Lipinski definition) is 3. The second-order valence-corrected chi connectivity index (χ2v) is 5.25. The normalized spacial score (nSPS) is 11.6. The van der Waals surface area contributed by atoms with Gasteiger partial charge >= 0.3 is 0 Å². The zero-order valence-electron chi connectivity index (χ0n) is 10.9. The first-order chi connectivity index (χ1) is 8.35. The van der Waals surface area contributed by atoms with Crippen LogP contribution in [0, 0.1) is 0 Å². The fraction of sp³-hybridized carbons (Fsp3) is 0.462. The fourth-order valence-electron chi connectivity index (χ4n) is 1.59. The van der Waals surface area contributed by atoms with E-state index in [0.717, 1.165) is 5.56 Å². The van der Waals surface area contributed by atoms with Crippen LogP contribution >= 0.6 is 11.6 Å². The van der Waals surface area contributed by atoms with Crippen LogP contribution in [0.4, 0.5) is 0 Å². The van der Waals surface area contributed by atoms with Crippen molar-refractivity contribution in [3.8, 4) is 0 Å². The largest absolute Gasteiger partial charge is 0.383 e. The summed E-state index contributed by atoms with van der Waals surface area (Å²) in [4.78, 5) is 11.0. The number of rotatable bonds is 6. The van der Waals surface area contributed by atoms with Gasteiger partial charge in [0.1, 0.15) is 0 Å². The van der Waals surface area contributed by atoms with E-state index in [1.165, 1.54) is 0 Å². The average Bonchev–Trinajstić information content (AvgIpc) is 2.27. The molecule has 0 radical (unpaired) electrons. The van der Waals surface area contributed by atoms with E-state index >= 15 is 0 Å². The molecule has 100 valence electrons. The molecule has 1 rings (SSSR count). The van der Waals surface area contributed by atoms with E-state index < -0.39 is 5.91 Å². The third kappa shape index (κ3) is 4.29. The van der Waals surface area contributed by atoms with E-state index in [-0.39, 0.29) is 5.54 Å². The molecule has 0 unspecified atom stereocenters. The molecule has 5 heteroatoms. The molecule has 0 heterocycles. The summed E-state index contributed by atoms with van der Waals surface area (Å²) in [6.07, 6.45) is 0. The van der Waals surface area contributed by atoms with Crippen molar-refractivity contribution in [1.29, 1.82) is 0 Å². The molecular formula is C13H19ClN2O2. The number of halogens is 1. The molecule has 0 spiro atoms. The summed E-state index contributed by atoms with van der Waals surface area (Å²) in [5, 5.41) is 3.87. The highest BCUT2D eigenvalue weighted by atomic mass is 35.5. The molecule has 0 fully saturated rings. The number of carbonyl (C=O) groups excluding carboxylic acids is 1. The molecule has 0 aliphatic carbocycles. The van der Waals surface area contributed by atoms with Crippen LogP contribution in [-0.2, 0) is 11.3 Å². The first kappa shape index (κ1) is 15.0. The first-order valence-electron chi connectivity index (χ1n) is 5.68. The maximum atomic E-state index is 11.0. The van der Waals surface area contributed by atoms with E-state index in [4.69, 9.17) is 22.1 Å². The van der Waals surface area contributed by atoms with Crippen LogP contribution in [0.1, 0.15) is 29.8 Å². The quantitative estimate of drug-likeness (QED) is 0.830. The molecular weight excluding hydrogens is 252 g/mol.